The van der Waals surface area contributed by atoms with Gasteiger partial charge in [0, 0.05) is 0 Å². The second kappa shape index (κ2) is 6.63. The molecule has 0 aliphatic heterocycles. The average Bonchev–Trinajstić information content (AvgIpc) is 2.68. The minimum absolute atomic E-state index is 0.413. The van der Waals surface area contributed by atoms with E-state index in [-0.39, 0.29) is 0 Å². The molecule has 0 heterocycles. The van der Waals surface area contributed by atoms with Gasteiger partial charge in [0.15, 0.2) is 0 Å². The van der Waals surface area contributed by atoms with Gasteiger partial charge in [0.2, 0.25) is 0 Å². The van der Waals surface area contributed by atoms with E-state index in [1.54, 1.807) is 0 Å². The van der Waals surface area contributed by atoms with Crippen molar-refractivity contribution in [3.63, 3.8) is 0 Å². The van der Waals surface area contributed by atoms with Crippen LogP contribution in [-0.2, 0) is 38.0 Å². The number of hydrogen-bond acceptors (Lipinski definition) is 3. The first kappa shape index (κ1) is 18.0. The number of carbonyl (C=O) groups excluding carboxylic acids is 2. The molecule has 0 amide bonds. The second-order valence-electron chi connectivity index (χ2n) is 8.36. The highest BCUT2D eigenvalue weighted by atomic mass is 16.6. The Bertz CT molecular complexity index is 827. The third-order valence-corrected chi connectivity index (χ3v) is 6.56. The molecule has 2 aliphatic rings. The van der Waals surface area contributed by atoms with Crippen molar-refractivity contribution in [3.8, 4) is 0 Å². The fraction of sp³-hybridized carbons (Fsp3) is 0.417. The van der Waals surface area contributed by atoms with Gasteiger partial charge in [0.25, 0.3) is 0 Å². The Morgan fingerprint density at radius 1 is 0.741 bits per heavy atom. The normalized spacial score (nSPS) is 26.6. The van der Waals surface area contributed by atoms with Crippen molar-refractivity contribution >= 4 is 11.9 Å². The van der Waals surface area contributed by atoms with E-state index in [2.05, 4.69) is 12.1 Å². The Balaban J connectivity index is 1.62. The minimum atomic E-state index is -0.755. The maximum atomic E-state index is 13.1. The molecule has 0 spiro atoms. The fourth-order valence-corrected chi connectivity index (χ4v) is 4.82. The molecule has 0 bridgehead atoms. The van der Waals surface area contributed by atoms with Gasteiger partial charge in [-0.25, -0.2) is 0 Å². The van der Waals surface area contributed by atoms with Gasteiger partial charge in [-0.1, -0.05) is 48.5 Å². The molecule has 2 atom stereocenters. The lowest BCUT2D eigenvalue weighted by Gasteiger charge is -2.36. The molecular formula is C24H26O3. The zero-order valence-corrected chi connectivity index (χ0v) is 16.1. The molecule has 2 aromatic rings. The van der Waals surface area contributed by atoms with Gasteiger partial charge >= 0.3 is 11.9 Å². The summed E-state index contributed by atoms with van der Waals surface area (Å²) in [7, 11) is 0. The molecule has 0 saturated carbocycles. The number of hydrogen-bond donors (Lipinski definition) is 0. The SMILES string of the molecule is CC1(C(=O)OC(=O)C2(C)CCCc3ccccc32)CCCc2ccccc21. The molecule has 0 saturated heterocycles. The Labute approximate surface area is 160 Å². The molecule has 0 fully saturated rings. The van der Waals surface area contributed by atoms with Crippen LogP contribution in [0.15, 0.2) is 48.5 Å². The average molecular weight is 362 g/mol. The lowest BCUT2D eigenvalue weighted by atomic mass is 9.70. The summed E-state index contributed by atoms with van der Waals surface area (Å²) in [6, 6.07) is 16.0. The monoisotopic (exact) mass is 362 g/mol. The molecule has 0 N–H and O–H groups in total. The number of fused-ring (bicyclic) bond motifs is 2. The van der Waals surface area contributed by atoms with Crippen LogP contribution < -0.4 is 0 Å². The van der Waals surface area contributed by atoms with E-state index >= 15 is 0 Å². The molecule has 2 aliphatic carbocycles. The molecule has 3 nitrogen and oxygen atoms in total. The maximum absolute atomic E-state index is 13.1. The van der Waals surface area contributed by atoms with Gasteiger partial charge < -0.3 is 4.74 Å². The van der Waals surface area contributed by atoms with E-state index in [0.717, 1.165) is 36.8 Å². The summed E-state index contributed by atoms with van der Waals surface area (Å²) in [5.74, 6) is -0.826. The molecule has 27 heavy (non-hydrogen) atoms. The Morgan fingerprint density at radius 2 is 1.15 bits per heavy atom. The van der Waals surface area contributed by atoms with E-state index in [1.165, 1.54) is 11.1 Å². The van der Waals surface area contributed by atoms with E-state index in [0.29, 0.717) is 12.8 Å². The predicted octanol–water partition coefficient (Wildman–Crippen LogP) is 4.64. The number of rotatable bonds is 2. The van der Waals surface area contributed by atoms with Crippen molar-refractivity contribution < 1.29 is 14.3 Å². The number of benzene rings is 2. The Kier molecular flexibility index (Phi) is 4.41. The van der Waals surface area contributed by atoms with Crippen molar-refractivity contribution in [2.75, 3.05) is 0 Å². The van der Waals surface area contributed by atoms with Crippen molar-refractivity contribution in [1.82, 2.24) is 0 Å². The van der Waals surface area contributed by atoms with Crippen molar-refractivity contribution in [2.45, 2.75) is 63.2 Å². The third-order valence-electron chi connectivity index (χ3n) is 6.56. The smallest absolute Gasteiger partial charge is 0.323 e. The third kappa shape index (κ3) is 2.90. The molecule has 4 rings (SSSR count). The first-order valence-electron chi connectivity index (χ1n) is 9.89. The highest BCUT2D eigenvalue weighted by Gasteiger charge is 2.46. The summed E-state index contributed by atoms with van der Waals surface area (Å²) < 4.78 is 5.57. The standard InChI is InChI=1S/C24H26O3/c1-23(15-7-11-17-9-3-5-13-19(17)23)21(25)27-22(26)24(2)16-8-12-18-10-4-6-14-20(18)24/h3-6,9-10,13-14H,7-8,11-12,15-16H2,1-2H3. The summed E-state index contributed by atoms with van der Waals surface area (Å²) in [4.78, 5) is 26.3. The Morgan fingerprint density at radius 3 is 1.59 bits per heavy atom. The Hall–Kier alpha value is -2.42. The largest absolute Gasteiger partial charge is 0.392 e. The summed E-state index contributed by atoms with van der Waals surface area (Å²) in [5.41, 5.74) is 2.87. The molecule has 140 valence electrons. The number of carbonyl (C=O) groups is 2. The predicted molar refractivity (Wildman–Crippen MR) is 105 cm³/mol. The lowest BCUT2D eigenvalue weighted by Crippen LogP contribution is -2.44. The van der Waals surface area contributed by atoms with Gasteiger partial charge in [-0.05, 0) is 74.6 Å². The lowest BCUT2D eigenvalue weighted by molar-refractivity contribution is -0.168. The number of esters is 2. The molecule has 2 aromatic carbocycles. The van der Waals surface area contributed by atoms with Crippen LogP contribution in [0.5, 0.6) is 0 Å². The van der Waals surface area contributed by atoms with E-state index in [1.807, 2.05) is 50.2 Å². The summed E-state index contributed by atoms with van der Waals surface area (Å²) in [5, 5.41) is 0. The van der Waals surface area contributed by atoms with Crippen LogP contribution in [0, 0.1) is 0 Å². The maximum Gasteiger partial charge on any atom is 0.323 e. The van der Waals surface area contributed by atoms with Crippen LogP contribution in [0.25, 0.3) is 0 Å². The first-order chi connectivity index (χ1) is 12.9. The molecule has 0 radical (unpaired) electrons. The quantitative estimate of drug-likeness (QED) is 0.577. The number of ether oxygens (including phenoxy) is 1. The van der Waals surface area contributed by atoms with Gasteiger partial charge in [-0.15, -0.1) is 0 Å². The molecule has 0 aromatic heterocycles. The second-order valence-corrected chi connectivity index (χ2v) is 8.36. The number of aryl methyl sites for hydroxylation is 2. The van der Waals surface area contributed by atoms with Gasteiger partial charge in [0.1, 0.15) is 0 Å². The van der Waals surface area contributed by atoms with Crippen molar-refractivity contribution in [1.29, 1.82) is 0 Å². The summed E-state index contributed by atoms with van der Waals surface area (Å²) in [6.07, 6.45) is 5.22. The van der Waals surface area contributed by atoms with Crippen LogP contribution >= 0.6 is 0 Å². The van der Waals surface area contributed by atoms with Gasteiger partial charge in [-0.3, -0.25) is 9.59 Å². The van der Waals surface area contributed by atoms with Crippen LogP contribution in [0.1, 0.15) is 61.8 Å². The van der Waals surface area contributed by atoms with Crippen LogP contribution in [0.4, 0.5) is 0 Å². The summed E-state index contributed by atoms with van der Waals surface area (Å²) in [6.45, 7) is 3.83. The van der Waals surface area contributed by atoms with E-state index in [9.17, 15) is 9.59 Å². The molecule has 2 unspecified atom stereocenters. The van der Waals surface area contributed by atoms with Crippen LogP contribution in [0.3, 0.4) is 0 Å². The van der Waals surface area contributed by atoms with Crippen LogP contribution in [0.2, 0.25) is 0 Å². The van der Waals surface area contributed by atoms with Gasteiger partial charge in [0.05, 0.1) is 10.8 Å². The molecular weight excluding hydrogens is 336 g/mol. The van der Waals surface area contributed by atoms with E-state index in [4.69, 9.17) is 4.74 Å². The topological polar surface area (TPSA) is 43.4 Å². The van der Waals surface area contributed by atoms with Crippen molar-refractivity contribution in [3.05, 3.63) is 70.8 Å². The zero-order valence-electron chi connectivity index (χ0n) is 16.1. The summed E-state index contributed by atoms with van der Waals surface area (Å²) >= 11 is 0. The van der Waals surface area contributed by atoms with E-state index < -0.39 is 22.8 Å². The first-order valence-corrected chi connectivity index (χ1v) is 9.89. The highest BCUT2D eigenvalue weighted by Crippen LogP contribution is 2.41. The molecule has 3 heteroatoms. The fourth-order valence-electron chi connectivity index (χ4n) is 4.82. The van der Waals surface area contributed by atoms with Crippen molar-refractivity contribution in [2.24, 2.45) is 0 Å². The van der Waals surface area contributed by atoms with Crippen LogP contribution in [-0.4, -0.2) is 11.9 Å². The minimum Gasteiger partial charge on any atom is -0.392 e. The zero-order chi connectivity index (χ0) is 19.1. The van der Waals surface area contributed by atoms with Gasteiger partial charge in [-0.2, -0.15) is 0 Å². The highest BCUT2D eigenvalue weighted by molar-refractivity contribution is 5.96.